The number of carbonyl (C=O) groups excluding carboxylic acids is 2. The van der Waals surface area contributed by atoms with E-state index in [0.717, 1.165) is 11.3 Å². The number of aryl methyl sites for hydroxylation is 1. The second kappa shape index (κ2) is 7.47. The maximum absolute atomic E-state index is 13.0. The van der Waals surface area contributed by atoms with Gasteiger partial charge in [-0.1, -0.05) is 29.0 Å². The van der Waals surface area contributed by atoms with Crippen LogP contribution in [-0.4, -0.2) is 28.6 Å². The molecule has 1 N–H and O–H groups in total. The van der Waals surface area contributed by atoms with Crippen LogP contribution >= 0.6 is 11.3 Å². The summed E-state index contributed by atoms with van der Waals surface area (Å²) < 4.78 is 13.0. The summed E-state index contributed by atoms with van der Waals surface area (Å²) in [6.07, 6.45) is 0.356. The summed E-state index contributed by atoms with van der Waals surface area (Å²) >= 11 is 1.25. The van der Waals surface area contributed by atoms with Crippen LogP contribution in [0, 0.1) is 12.7 Å². The fourth-order valence-electron chi connectivity index (χ4n) is 3.07. The topological polar surface area (TPSA) is 75.2 Å². The molecule has 1 aliphatic heterocycles. The number of nitrogens with zero attached hydrogens (tertiary/aromatic N) is 3. The molecular formula is C20H17FN4O2S. The van der Waals surface area contributed by atoms with Crippen LogP contribution in [-0.2, 0) is 4.79 Å². The first-order chi connectivity index (χ1) is 13.5. The normalized spacial score (nSPS) is 16.4. The van der Waals surface area contributed by atoms with Crippen molar-refractivity contribution < 1.29 is 14.0 Å². The predicted octanol–water partition coefficient (Wildman–Crippen LogP) is 3.76. The summed E-state index contributed by atoms with van der Waals surface area (Å²) in [4.78, 5) is 26.4. The molecule has 0 saturated carbocycles. The third-order valence-corrected chi connectivity index (χ3v) is 5.59. The van der Waals surface area contributed by atoms with E-state index in [9.17, 15) is 14.0 Å². The molecule has 6 nitrogen and oxygen atoms in total. The fraction of sp³-hybridized carbons (Fsp3) is 0.200. The molecule has 8 heteroatoms. The predicted molar refractivity (Wildman–Crippen MR) is 105 cm³/mol. The Morgan fingerprint density at radius 3 is 2.57 bits per heavy atom. The molecule has 1 aliphatic rings. The third-order valence-electron chi connectivity index (χ3n) is 4.59. The summed E-state index contributed by atoms with van der Waals surface area (Å²) in [5, 5.41) is 11.9. The van der Waals surface area contributed by atoms with Gasteiger partial charge in [0.15, 0.2) is 0 Å². The van der Waals surface area contributed by atoms with Gasteiger partial charge in [0.25, 0.3) is 5.91 Å². The van der Waals surface area contributed by atoms with Gasteiger partial charge in [-0.15, -0.1) is 10.2 Å². The smallest absolute Gasteiger partial charge is 0.257 e. The Kier molecular flexibility index (Phi) is 4.87. The van der Waals surface area contributed by atoms with Gasteiger partial charge < -0.3 is 4.90 Å². The number of rotatable bonds is 4. The minimum atomic E-state index is -0.404. The maximum atomic E-state index is 13.0. The SMILES string of the molecule is Cc1ccc(N2C[C@H](c3nnc(NC(=O)c4ccc(F)cc4)s3)CC2=O)cc1. The van der Waals surface area contributed by atoms with Gasteiger partial charge in [0.05, 0.1) is 0 Å². The number of carbonyl (C=O) groups is 2. The van der Waals surface area contributed by atoms with E-state index in [-0.39, 0.29) is 17.7 Å². The molecule has 0 radical (unpaired) electrons. The Balaban J connectivity index is 1.44. The van der Waals surface area contributed by atoms with E-state index in [1.165, 1.54) is 35.6 Å². The van der Waals surface area contributed by atoms with Crippen molar-refractivity contribution in [3.63, 3.8) is 0 Å². The van der Waals surface area contributed by atoms with Crippen molar-refractivity contribution in [1.82, 2.24) is 10.2 Å². The van der Waals surface area contributed by atoms with E-state index in [1.807, 2.05) is 31.2 Å². The molecule has 1 aromatic heterocycles. The lowest BCUT2D eigenvalue weighted by Crippen LogP contribution is -2.24. The van der Waals surface area contributed by atoms with E-state index < -0.39 is 5.82 Å². The average Bonchev–Trinajstić information content (AvgIpc) is 3.29. The highest BCUT2D eigenvalue weighted by molar-refractivity contribution is 7.15. The molecule has 2 heterocycles. The Hall–Kier alpha value is -3.13. The van der Waals surface area contributed by atoms with Gasteiger partial charge in [-0.2, -0.15) is 0 Å². The summed E-state index contributed by atoms with van der Waals surface area (Å²) in [5.41, 5.74) is 2.34. The first kappa shape index (κ1) is 18.2. The average molecular weight is 396 g/mol. The lowest BCUT2D eigenvalue weighted by molar-refractivity contribution is -0.117. The van der Waals surface area contributed by atoms with Crippen LogP contribution in [0.3, 0.4) is 0 Å². The zero-order chi connectivity index (χ0) is 19.7. The van der Waals surface area contributed by atoms with Crippen LogP contribution in [0.4, 0.5) is 15.2 Å². The number of amides is 2. The molecule has 0 spiro atoms. The van der Waals surface area contributed by atoms with E-state index in [1.54, 1.807) is 4.90 Å². The van der Waals surface area contributed by atoms with Gasteiger partial charge in [0.2, 0.25) is 11.0 Å². The van der Waals surface area contributed by atoms with Crippen LogP contribution in [0.5, 0.6) is 0 Å². The number of aromatic nitrogens is 2. The molecule has 1 atom stereocenters. The highest BCUT2D eigenvalue weighted by Crippen LogP contribution is 2.34. The van der Waals surface area contributed by atoms with E-state index in [0.29, 0.717) is 28.7 Å². The lowest BCUT2D eigenvalue weighted by Gasteiger charge is -2.16. The quantitative estimate of drug-likeness (QED) is 0.729. The van der Waals surface area contributed by atoms with Crippen LogP contribution in [0.15, 0.2) is 48.5 Å². The molecule has 28 heavy (non-hydrogen) atoms. The molecule has 2 aromatic carbocycles. The Bertz CT molecular complexity index is 1020. The lowest BCUT2D eigenvalue weighted by atomic mass is 10.1. The molecule has 3 aromatic rings. The van der Waals surface area contributed by atoms with Gasteiger partial charge in [0, 0.05) is 30.1 Å². The van der Waals surface area contributed by atoms with Crippen molar-refractivity contribution in [3.8, 4) is 0 Å². The number of hydrogen-bond donors (Lipinski definition) is 1. The molecule has 0 aliphatic carbocycles. The van der Waals surface area contributed by atoms with Crippen LogP contribution in [0.1, 0.15) is 33.3 Å². The van der Waals surface area contributed by atoms with Crippen molar-refractivity contribution in [3.05, 3.63) is 70.5 Å². The van der Waals surface area contributed by atoms with Crippen molar-refractivity contribution in [2.45, 2.75) is 19.3 Å². The van der Waals surface area contributed by atoms with Gasteiger partial charge in [0.1, 0.15) is 10.8 Å². The summed E-state index contributed by atoms with van der Waals surface area (Å²) in [7, 11) is 0. The highest BCUT2D eigenvalue weighted by Gasteiger charge is 2.34. The molecule has 4 rings (SSSR count). The standard InChI is InChI=1S/C20H17FN4O2S/c1-12-2-8-16(9-3-12)25-11-14(10-17(25)26)19-23-24-20(28-19)22-18(27)13-4-6-15(21)7-5-13/h2-9,14H,10-11H2,1H3,(H,22,24,27)/t14-/m1/s1. The van der Waals surface area contributed by atoms with Crippen LogP contribution < -0.4 is 10.2 Å². The van der Waals surface area contributed by atoms with Gasteiger partial charge in [-0.25, -0.2) is 4.39 Å². The fourth-order valence-corrected chi connectivity index (χ4v) is 3.90. The first-order valence-corrected chi connectivity index (χ1v) is 9.58. The first-order valence-electron chi connectivity index (χ1n) is 8.77. The van der Waals surface area contributed by atoms with Gasteiger partial charge in [-0.3, -0.25) is 14.9 Å². The van der Waals surface area contributed by atoms with Gasteiger partial charge in [-0.05, 0) is 43.3 Å². The molecule has 2 amide bonds. The molecule has 0 unspecified atom stereocenters. The number of nitrogens with one attached hydrogen (secondary N) is 1. The second-order valence-electron chi connectivity index (χ2n) is 6.65. The minimum Gasteiger partial charge on any atom is -0.312 e. The zero-order valence-electron chi connectivity index (χ0n) is 15.1. The molecule has 0 bridgehead atoms. The van der Waals surface area contributed by atoms with E-state index in [2.05, 4.69) is 15.5 Å². The number of anilines is 2. The monoisotopic (exact) mass is 396 g/mol. The van der Waals surface area contributed by atoms with Crippen molar-refractivity contribution in [2.75, 3.05) is 16.8 Å². The molecule has 1 saturated heterocycles. The van der Waals surface area contributed by atoms with E-state index in [4.69, 9.17) is 0 Å². The van der Waals surface area contributed by atoms with Crippen molar-refractivity contribution in [2.24, 2.45) is 0 Å². The maximum Gasteiger partial charge on any atom is 0.257 e. The molecular weight excluding hydrogens is 379 g/mol. The Morgan fingerprint density at radius 2 is 1.86 bits per heavy atom. The van der Waals surface area contributed by atoms with Crippen LogP contribution in [0.25, 0.3) is 0 Å². The van der Waals surface area contributed by atoms with Gasteiger partial charge >= 0.3 is 0 Å². The van der Waals surface area contributed by atoms with Crippen molar-refractivity contribution >= 4 is 34.0 Å². The minimum absolute atomic E-state index is 0.0425. The van der Waals surface area contributed by atoms with Crippen LogP contribution in [0.2, 0.25) is 0 Å². The number of benzene rings is 2. The Morgan fingerprint density at radius 1 is 1.14 bits per heavy atom. The number of hydrogen-bond acceptors (Lipinski definition) is 5. The third kappa shape index (κ3) is 3.77. The Labute approximate surface area is 165 Å². The zero-order valence-corrected chi connectivity index (χ0v) is 15.9. The number of halogens is 1. The summed E-state index contributed by atoms with van der Waals surface area (Å²) in [6.45, 7) is 2.53. The van der Waals surface area contributed by atoms with Crippen molar-refractivity contribution in [1.29, 1.82) is 0 Å². The highest BCUT2D eigenvalue weighted by atomic mass is 32.1. The molecule has 1 fully saturated rings. The second-order valence-corrected chi connectivity index (χ2v) is 7.66. The van der Waals surface area contributed by atoms with E-state index >= 15 is 0 Å². The molecule has 142 valence electrons. The largest absolute Gasteiger partial charge is 0.312 e. The summed E-state index contributed by atoms with van der Waals surface area (Å²) in [5.74, 6) is -0.811. The summed E-state index contributed by atoms with van der Waals surface area (Å²) in [6, 6.07) is 13.1.